The molecule has 0 bridgehead atoms. The van der Waals surface area contributed by atoms with Gasteiger partial charge in [-0.15, -0.1) is 0 Å². The van der Waals surface area contributed by atoms with Crippen molar-refractivity contribution in [2.75, 3.05) is 26.4 Å². The van der Waals surface area contributed by atoms with E-state index in [1.165, 1.54) is 103 Å². The fourth-order valence-electron chi connectivity index (χ4n) is 14.6. The number of hydrogen-bond donors (Lipinski definition) is 1. The van der Waals surface area contributed by atoms with E-state index >= 15 is 0 Å². The van der Waals surface area contributed by atoms with E-state index in [2.05, 4.69) is 75.0 Å². The summed E-state index contributed by atoms with van der Waals surface area (Å²) in [6, 6.07) is 31.2. The molecule has 0 radical (unpaired) electrons. The standard InChI is InChI=1S/C80H106O8/c1-5-8-14-20-63-28-34-68(35-29-63)70-49-54-79(55-50-70,87-77(82)72-38-44-75(45-39-72)86-61-19-13-12-17-59-84-62(4)7-3)53-48-67-26-24-65(25-27-67)22-23-66-32-42-74(43-33-66)80(56-51-71(52-57-80)69-36-30-64(31-37-69)21-15-9-6-2)88-78(83)73-40-46-76(47-41-73)85-60-18-11-10-16-58-81/h7,24-27,32-33,38-47,63-64,68-71,81H,3-6,8-21,28-31,34-37,49-52,54-61H2,1-2H3. The van der Waals surface area contributed by atoms with E-state index in [-0.39, 0.29) is 18.5 Å². The van der Waals surface area contributed by atoms with Crippen LogP contribution < -0.4 is 9.47 Å². The van der Waals surface area contributed by atoms with E-state index in [1.54, 1.807) is 6.08 Å². The molecule has 8 rings (SSSR count). The molecule has 4 aromatic carbocycles. The monoisotopic (exact) mass is 1190 g/mol. The highest BCUT2D eigenvalue weighted by Crippen LogP contribution is 2.49. The van der Waals surface area contributed by atoms with Crippen molar-refractivity contribution < 1.29 is 38.4 Å². The molecule has 4 aliphatic rings. The summed E-state index contributed by atoms with van der Waals surface area (Å²) in [7, 11) is 0. The molecule has 0 atom stereocenters. The van der Waals surface area contributed by atoms with Crippen molar-refractivity contribution >= 4 is 11.9 Å². The van der Waals surface area contributed by atoms with Crippen molar-refractivity contribution in [3.05, 3.63) is 155 Å². The average Bonchev–Trinajstić information content (AvgIpc) is 1.36. The molecule has 1 N–H and O–H groups in total. The minimum atomic E-state index is -0.875. The van der Waals surface area contributed by atoms with Crippen LogP contribution in [-0.2, 0) is 19.8 Å². The number of unbranched alkanes of at least 4 members (excludes halogenated alkanes) is 10. The van der Waals surface area contributed by atoms with Crippen LogP contribution >= 0.6 is 0 Å². The van der Waals surface area contributed by atoms with Gasteiger partial charge in [-0.3, -0.25) is 0 Å². The Morgan fingerprint density at radius 1 is 0.489 bits per heavy atom. The predicted molar refractivity (Wildman–Crippen MR) is 357 cm³/mol. The number of allylic oxidation sites excluding steroid dienone is 1. The lowest BCUT2D eigenvalue weighted by atomic mass is 9.66. The molecule has 4 aliphatic carbocycles. The molecule has 8 heteroatoms. The predicted octanol–water partition coefficient (Wildman–Crippen LogP) is 19.8. The molecule has 4 saturated carbocycles. The number of aliphatic hydroxyl groups is 1. The van der Waals surface area contributed by atoms with Crippen LogP contribution in [-0.4, -0.2) is 49.1 Å². The largest absolute Gasteiger partial charge is 0.494 e. The van der Waals surface area contributed by atoms with Gasteiger partial charge in [0.15, 0.2) is 5.60 Å². The van der Waals surface area contributed by atoms with Crippen molar-refractivity contribution in [3.8, 4) is 35.2 Å². The van der Waals surface area contributed by atoms with Gasteiger partial charge < -0.3 is 28.8 Å². The Hall–Kier alpha value is -6.22. The van der Waals surface area contributed by atoms with E-state index < -0.39 is 11.2 Å². The first-order chi connectivity index (χ1) is 43.1. The number of rotatable bonds is 32. The zero-order chi connectivity index (χ0) is 61.7. The fourth-order valence-corrected chi connectivity index (χ4v) is 14.6. The second-order valence-corrected chi connectivity index (χ2v) is 26.5. The van der Waals surface area contributed by atoms with Crippen molar-refractivity contribution in [1.82, 2.24) is 0 Å². The molecule has 0 heterocycles. The first-order valence-electron chi connectivity index (χ1n) is 34.8. The van der Waals surface area contributed by atoms with Gasteiger partial charge in [0.25, 0.3) is 0 Å². The van der Waals surface area contributed by atoms with Gasteiger partial charge in [0, 0.05) is 23.3 Å². The number of aliphatic hydroxyl groups excluding tert-OH is 1. The quantitative estimate of drug-likeness (QED) is 0.0170. The molecular formula is C80H106O8. The minimum absolute atomic E-state index is 0.227. The first-order valence-corrected chi connectivity index (χ1v) is 34.8. The number of esters is 2. The lowest BCUT2D eigenvalue weighted by Gasteiger charge is -2.43. The summed E-state index contributed by atoms with van der Waals surface area (Å²) in [5.74, 6) is 19.8. The van der Waals surface area contributed by atoms with Crippen LogP contribution in [0.5, 0.6) is 11.5 Å². The Labute approximate surface area is 530 Å². The second-order valence-electron chi connectivity index (χ2n) is 26.5. The second kappa shape index (κ2) is 36.4. The molecule has 8 nitrogen and oxygen atoms in total. The average molecular weight is 1200 g/mol. The van der Waals surface area contributed by atoms with Crippen LogP contribution in [0.25, 0.3) is 0 Å². The zero-order valence-corrected chi connectivity index (χ0v) is 54.0. The summed E-state index contributed by atoms with van der Waals surface area (Å²) in [6.45, 7) is 14.2. The van der Waals surface area contributed by atoms with Gasteiger partial charge in [0.2, 0.25) is 0 Å². The van der Waals surface area contributed by atoms with Gasteiger partial charge in [-0.1, -0.05) is 140 Å². The summed E-state index contributed by atoms with van der Waals surface area (Å²) in [5, 5.41) is 9.09. The van der Waals surface area contributed by atoms with Crippen LogP contribution in [0.1, 0.15) is 262 Å². The van der Waals surface area contributed by atoms with E-state index in [0.717, 1.165) is 160 Å². The third-order valence-corrected chi connectivity index (χ3v) is 20.2. The topological polar surface area (TPSA) is 101 Å². The first kappa shape index (κ1) is 67.7. The highest BCUT2D eigenvalue weighted by molar-refractivity contribution is 5.90. The Balaban J connectivity index is 0.903. The van der Waals surface area contributed by atoms with Crippen LogP contribution in [0.2, 0.25) is 0 Å². The molecule has 4 aromatic rings. The number of carbonyl (C=O) groups is 2. The molecule has 0 unspecified atom stereocenters. The third kappa shape index (κ3) is 21.5. The van der Waals surface area contributed by atoms with Crippen molar-refractivity contribution in [2.24, 2.45) is 35.5 Å². The third-order valence-electron chi connectivity index (χ3n) is 20.2. The molecular weight excluding hydrogens is 1090 g/mol. The summed E-state index contributed by atoms with van der Waals surface area (Å²) in [5.41, 5.74) is 3.10. The van der Waals surface area contributed by atoms with Gasteiger partial charge in [-0.05, 0) is 260 Å². The maximum absolute atomic E-state index is 14.1. The lowest BCUT2D eigenvalue weighted by Crippen LogP contribution is -2.39. The van der Waals surface area contributed by atoms with Gasteiger partial charge >= 0.3 is 11.9 Å². The molecule has 474 valence electrons. The molecule has 0 aliphatic heterocycles. The smallest absolute Gasteiger partial charge is 0.339 e. The van der Waals surface area contributed by atoms with E-state index in [9.17, 15) is 9.59 Å². The molecule has 0 spiro atoms. The lowest BCUT2D eigenvalue weighted by molar-refractivity contribution is -0.0555. The SMILES string of the molecule is C=CC(=C)OCCCCCCOc1ccc(C(=O)OC2(C#Cc3ccc(C#Cc4ccc(C5(OC(=O)c6ccc(OCCCCCCO)cc6)CCC(C6CCC(CCCCC)CC6)CC5)cc4)cc3)CCC(C3CCC(CCCCC)CC3)CC2)cc1. The van der Waals surface area contributed by atoms with Crippen LogP contribution in [0.15, 0.2) is 122 Å². The Kier molecular flexibility index (Phi) is 28.0. The van der Waals surface area contributed by atoms with Gasteiger partial charge in [-0.25, -0.2) is 9.59 Å². The minimum Gasteiger partial charge on any atom is -0.494 e. The van der Waals surface area contributed by atoms with Crippen LogP contribution in [0, 0.1) is 59.2 Å². The highest BCUT2D eigenvalue weighted by atomic mass is 16.6. The Morgan fingerprint density at radius 3 is 1.38 bits per heavy atom. The van der Waals surface area contributed by atoms with E-state index in [1.807, 2.05) is 72.8 Å². The molecule has 0 aromatic heterocycles. The molecule has 4 fully saturated rings. The van der Waals surface area contributed by atoms with Gasteiger partial charge in [0.1, 0.15) is 22.9 Å². The number of hydrogen-bond acceptors (Lipinski definition) is 8. The maximum Gasteiger partial charge on any atom is 0.339 e. The molecule has 88 heavy (non-hydrogen) atoms. The van der Waals surface area contributed by atoms with Gasteiger partial charge in [-0.2, -0.15) is 0 Å². The Morgan fingerprint density at radius 2 is 0.909 bits per heavy atom. The number of ether oxygens (including phenoxy) is 5. The summed E-state index contributed by atoms with van der Waals surface area (Å²) in [4.78, 5) is 28.1. The zero-order valence-electron chi connectivity index (χ0n) is 54.0. The number of benzene rings is 4. The summed E-state index contributed by atoms with van der Waals surface area (Å²) >= 11 is 0. The highest BCUT2D eigenvalue weighted by Gasteiger charge is 2.44. The Bertz CT molecular complexity index is 2830. The molecule has 0 saturated heterocycles. The fraction of sp³-hybridized carbons (Fsp3) is 0.575. The van der Waals surface area contributed by atoms with Crippen LogP contribution in [0.4, 0.5) is 0 Å². The normalized spacial score (nSPS) is 23.4. The van der Waals surface area contributed by atoms with Crippen molar-refractivity contribution in [3.63, 3.8) is 0 Å². The molecule has 0 amide bonds. The van der Waals surface area contributed by atoms with Crippen molar-refractivity contribution in [1.29, 1.82) is 0 Å². The maximum atomic E-state index is 14.1. The van der Waals surface area contributed by atoms with E-state index in [0.29, 0.717) is 48.5 Å². The van der Waals surface area contributed by atoms with Crippen molar-refractivity contribution in [2.45, 2.75) is 231 Å². The number of carbonyl (C=O) groups excluding carboxylic acids is 2. The summed E-state index contributed by atoms with van der Waals surface area (Å²) < 4.78 is 30.8. The van der Waals surface area contributed by atoms with E-state index in [4.69, 9.17) is 28.8 Å². The summed E-state index contributed by atoms with van der Waals surface area (Å²) in [6.07, 6.45) is 38.0. The van der Waals surface area contributed by atoms with Crippen LogP contribution in [0.3, 0.4) is 0 Å². The van der Waals surface area contributed by atoms with Gasteiger partial charge in [0.05, 0.1) is 30.9 Å².